The summed E-state index contributed by atoms with van der Waals surface area (Å²) in [7, 11) is 0. The van der Waals surface area contributed by atoms with Gasteiger partial charge in [0.05, 0.1) is 0 Å². The molecule has 1 heterocycles. The SMILES string of the molecule is C[C@H](Oc1ccccc1)C(=O)OCC(=O)N1CCc2ccccc21. The van der Waals surface area contributed by atoms with Gasteiger partial charge >= 0.3 is 5.97 Å². The molecule has 2 aromatic carbocycles. The molecule has 1 aliphatic heterocycles. The van der Waals surface area contributed by atoms with E-state index in [9.17, 15) is 9.59 Å². The minimum absolute atomic E-state index is 0.222. The van der Waals surface area contributed by atoms with Gasteiger partial charge < -0.3 is 14.4 Å². The molecule has 24 heavy (non-hydrogen) atoms. The van der Waals surface area contributed by atoms with Gasteiger partial charge in [-0.3, -0.25) is 4.79 Å². The highest BCUT2D eigenvalue weighted by molar-refractivity contribution is 5.97. The highest BCUT2D eigenvalue weighted by Gasteiger charge is 2.26. The lowest BCUT2D eigenvalue weighted by atomic mass is 10.2. The van der Waals surface area contributed by atoms with Crippen molar-refractivity contribution in [1.29, 1.82) is 0 Å². The summed E-state index contributed by atoms with van der Waals surface area (Å²) < 4.78 is 10.6. The number of rotatable bonds is 5. The van der Waals surface area contributed by atoms with Crippen LogP contribution in [0.5, 0.6) is 5.75 Å². The van der Waals surface area contributed by atoms with Crippen LogP contribution in [0.2, 0.25) is 0 Å². The zero-order chi connectivity index (χ0) is 16.9. The van der Waals surface area contributed by atoms with Crippen LogP contribution in [-0.4, -0.2) is 31.1 Å². The first-order chi connectivity index (χ1) is 11.6. The number of para-hydroxylation sites is 2. The van der Waals surface area contributed by atoms with Crippen molar-refractivity contribution in [3.05, 3.63) is 60.2 Å². The van der Waals surface area contributed by atoms with Crippen LogP contribution in [0.25, 0.3) is 0 Å². The Kier molecular flexibility index (Phi) is 4.79. The van der Waals surface area contributed by atoms with E-state index in [4.69, 9.17) is 9.47 Å². The fraction of sp³-hybridized carbons (Fsp3) is 0.263. The van der Waals surface area contributed by atoms with Gasteiger partial charge in [0.1, 0.15) is 5.75 Å². The second kappa shape index (κ2) is 7.17. The van der Waals surface area contributed by atoms with Gasteiger partial charge in [0.2, 0.25) is 0 Å². The van der Waals surface area contributed by atoms with Crippen LogP contribution in [0.15, 0.2) is 54.6 Å². The number of benzene rings is 2. The van der Waals surface area contributed by atoms with Gasteiger partial charge in [-0.25, -0.2) is 4.79 Å². The summed E-state index contributed by atoms with van der Waals surface area (Å²) in [4.78, 5) is 26.0. The molecule has 0 radical (unpaired) electrons. The molecule has 0 aliphatic carbocycles. The van der Waals surface area contributed by atoms with Crippen LogP contribution in [0.3, 0.4) is 0 Å². The lowest BCUT2D eigenvalue weighted by Crippen LogP contribution is -2.35. The maximum atomic E-state index is 12.3. The summed E-state index contributed by atoms with van der Waals surface area (Å²) in [5.74, 6) is -0.193. The Morgan fingerprint density at radius 2 is 1.79 bits per heavy atom. The van der Waals surface area contributed by atoms with Crippen LogP contribution in [0.4, 0.5) is 5.69 Å². The van der Waals surface area contributed by atoms with E-state index in [-0.39, 0.29) is 12.5 Å². The van der Waals surface area contributed by atoms with Gasteiger partial charge in [-0.2, -0.15) is 0 Å². The zero-order valence-corrected chi connectivity index (χ0v) is 13.5. The monoisotopic (exact) mass is 325 g/mol. The molecule has 0 fully saturated rings. The van der Waals surface area contributed by atoms with Crippen LogP contribution < -0.4 is 9.64 Å². The van der Waals surface area contributed by atoms with Gasteiger partial charge in [0.15, 0.2) is 12.7 Å². The lowest BCUT2D eigenvalue weighted by Gasteiger charge is -2.18. The molecule has 0 unspecified atom stereocenters. The quantitative estimate of drug-likeness (QED) is 0.793. The van der Waals surface area contributed by atoms with Gasteiger partial charge in [-0.1, -0.05) is 36.4 Å². The number of anilines is 1. The molecule has 0 aromatic heterocycles. The number of carbonyl (C=O) groups excluding carboxylic acids is 2. The molecule has 0 spiro atoms. The van der Waals surface area contributed by atoms with Crippen molar-refractivity contribution >= 4 is 17.6 Å². The largest absolute Gasteiger partial charge is 0.479 e. The van der Waals surface area contributed by atoms with E-state index in [0.717, 1.165) is 17.7 Å². The normalized spacial score (nSPS) is 14.0. The van der Waals surface area contributed by atoms with E-state index in [1.807, 2.05) is 42.5 Å². The van der Waals surface area contributed by atoms with E-state index in [2.05, 4.69) is 0 Å². The Bertz CT molecular complexity index is 729. The lowest BCUT2D eigenvalue weighted by molar-refractivity contribution is -0.154. The van der Waals surface area contributed by atoms with Crippen LogP contribution in [0.1, 0.15) is 12.5 Å². The fourth-order valence-electron chi connectivity index (χ4n) is 2.68. The Morgan fingerprint density at radius 1 is 1.08 bits per heavy atom. The summed E-state index contributed by atoms with van der Waals surface area (Å²) in [5.41, 5.74) is 2.03. The minimum Gasteiger partial charge on any atom is -0.479 e. The molecule has 3 rings (SSSR count). The second-order valence-electron chi connectivity index (χ2n) is 5.60. The number of carbonyl (C=O) groups is 2. The molecule has 2 aromatic rings. The predicted molar refractivity (Wildman–Crippen MR) is 90.0 cm³/mol. The molecule has 0 saturated heterocycles. The third kappa shape index (κ3) is 3.56. The maximum absolute atomic E-state index is 12.3. The third-order valence-electron chi connectivity index (χ3n) is 3.91. The van der Waals surface area contributed by atoms with E-state index in [1.165, 1.54) is 0 Å². The minimum atomic E-state index is -0.772. The van der Waals surface area contributed by atoms with E-state index < -0.39 is 12.1 Å². The van der Waals surface area contributed by atoms with Gasteiger partial charge in [-0.05, 0) is 37.1 Å². The highest BCUT2D eigenvalue weighted by Crippen LogP contribution is 2.27. The smallest absolute Gasteiger partial charge is 0.347 e. The van der Waals surface area contributed by atoms with Gasteiger partial charge in [-0.15, -0.1) is 0 Å². The summed E-state index contributed by atoms with van der Waals surface area (Å²) in [6.07, 6.45) is 0.0506. The van der Waals surface area contributed by atoms with Gasteiger partial charge in [0.25, 0.3) is 5.91 Å². The van der Waals surface area contributed by atoms with Gasteiger partial charge in [0, 0.05) is 12.2 Å². The van der Waals surface area contributed by atoms with Crippen molar-refractivity contribution < 1.29 is 19.1 Å². The van der Waals surface area contributed by atoms with Crippen molar-refractivity contribution in [2.75, 3.05) is 18.1 Å². The topological polar surface area (TPSA) is 55.8 Å². The second-order valence-corrected chi connectivity index (χ2v) is 5.60. The van der Waals surface area contributed by atoms with Crippen LogP contribution in [-0.2, 0) is 20.7 Å². The molecule has 0 N–H and O–H groups in total. The van der Waals surface area contributed by atoms with Crippen molar-refractivity contribution in [3.8, 4) is 5.75 Å². The fourth-order valence-corrected chi connectivity index (χ4v) is 2.68. The molecule has 5 nitrogen and oxygen atoms in total. The number of nitrogens with zero attached hydrogens (tertiary/aromatic N) is 1. The highest BCUT2D eigenvalue weighted by atomic mass is 16.6. The first-order valence-electron chi connectivity index (χ1n) is 7.92. The number of hydrogen-bond acceptors (Lipinski definition) is 4. The van der Waals surface area contributed by atoms with Crippen molar-refractivity contribution in [2.45, 2.75) is 19.4 Å². The van der Waals surface area contributed by atoms with E-state index in [0.29, 0.717) is 12.3 Å². The first kappa shape index (κ1) is 16.1. The maximum Gasteiger partial charge on any atom is 0.347 e. The zero-order valence-electron chi connectivity index (χ0n) is 13.5. The molecule has 0 saturated carbocycles. The summed E-state index contributed by atoms with van der Waals surface area (Å²) in [5, 5.41) is 0. The number of fused-ring (bicyclic) bond motifs is 1. The molecule has 1 aliphatic rings. The molecule has 124 valence electrons. The van der Waals surface area contributed by atoms with Crippen molar-refractivity contribution in [1.82, 2.24) is 0 Å². The van der Waals surface area contributed by atoms with Crippen molar-refractivity contribution in [3.63, 3.8) is 0 Å². The molecule has 0 bridgehead atoms. The predicted octanol–water partition coefficient (Wildman–Crippen LogP) is 2.59. The Hall–Kier alpha value is -2.82. The number of ether oxygens (including phenoxy) is 2. The Balaban J connectivity index is 1.52. The Morgan fingerprint density at radius 3 is 2.58 bits per heavy atom. The summed E-state index contributed by atoms with van der Waals surface area (Å²) in [6.45, 7) is 1.94. The summed E-state index contributed by atoms with van der Waals surface area (Å²) in [6, 6.07) is 16.8. The average Bonchev–Trinajstić information content (AvgIpc) is 3.04. The van der Waals surface area contributed by atoms with Crippen LogP contribution in [0, 0.1) is 0 Å². The molecule has 1 amide bonds. The summed E-state index contributed by atoms with van der Waals surface area (Å²) >= 11 is 0. The average molecular weight is 325 g/mol. The number of esters is 1. The van der Waals surface area contributed by atoms with Crippen LogP contribution >= 0.6 is 0 Å². The molecular weight excluding hydrogens is 306 g/mol. The molecular formula is C19H19NO4. The Labute approximate surface area is 140 Å². The van der Waals surface area contributed by atoms with Crippen molar-refractivity contribution in [2.24, 2.45) is 0 Å². The molecule has 5 heteroatoms. The van der Waals surface area contributed by atoms with E-state index in [1.54, 1.807) is 24.0 Å². The molecule has 1 atom stereocenters. The van der Waals surface area contributed by atoms with E-state index >= 15 is 0 Å². The number of hydrogen-bond donors (Lipinski definition) is 0. The standard InChI is InChI=1S/C19H19NO4/c1-14(24-16-8-3-2-4-9-16)19(22)23-13-18(21)20-12-11-15-7-5-6-10-17(15)20/h2-10,14H,11-13H2,1H3/t14-/m0/s1. The third-order valence-corrected chi connectivity index (χ3v) is 3.91. The number of amides is 1. The first-order valence-corrected chi connectivity index (χ1v) is 7.92.